The maximum atomic E-state index is 12.2. The predicted octanol–water partition coefficient (Wildman–Crippen LogP) is 2.07. The van der Waals surface area contributed by atoms with E-state index >= 15 is 0 Å². The number of hydrogen-bond acceptors (Lipinski definition) is 4. The number of anilines is 1. The molecule has 0 aliphatic carbocycles. The van der Waals surface area contributed by atoms with Crippen molar-refractivity contribution in [2.24, 2.45) is 0 Å². The maximum Gasteiger partial charge on any atom is 0.292 e. The molecule has 1 aromatic heterocycles. The molecule has 0 unspecified atom stereocenters. The number of nitrogens with one attached hydrogen (secondary N) is 1. The molecule has 0 radical (unpaired) electrons. The van der Waals surface area contributed by atoms with Crippen molar-refractivity contribution >= 4 is 17.3 Å². The molecule has 2 N–H and O–H groups in total. The van der Waals surface area contributed by atoms with Crippen LogP contribution in [0.15, 0.2) is 41.3 Å². The first-order valence-electron chi connectivity index (χ1n) is 6.35. The van der Waals surface area contributed by atoms with Crippen molar-refractivity contribution in [2.75, 3.05) is 11.9 Å². The summed E-state index contributed by atoms with van der Waals surface area (Å²) in [5.41, 5.74) is 0.763. The third-order valence-electron chi connectivity index (χ3n) is 2.80. The van der Waals surface area contributed by atoms with Gasteiger partial charge >= 0.3 is 0 Å². The molecule has 5 nitrogen and oxygen atoms in total. The van der Waals surface area contributed by atoms with Crippen LogP contribution in [-0.2, 0) is 0 Å². The lowest BCUT2D eigenvalue weighted by Gasteiger charge is -2.11. The van der Waals surface area contributed by atoms with Crippen LogP contribution < -0.4 is 10.9 Å². The van der Waals surface area contributed by atoms with E-state index in [1.807, 2.05) is 18.2 Å². The zero-order valence-electron chi connectivity index (χ0n) is 11.1. The largest absolute Gasteiger partial charge is 0.393 e. The Kier molecular flexibility index (Phi) is 4.76. The molecule has 1 aromatic carbocycles. The third kappa shape index (κ3) is 3.37. The van der Waals surface area contributed by atoms with Gasteiger partial charge < -0.3 is 10.4 Å². The molecule has 6 heteroatoms. The number of aromatic nitrogens is 2. The standard InChI is InChI=1S/C14H16ClN3O2/c1-10(19)7-8-16-12-9-17-18(14(20)13(12)15)11-5-3-2-4-6-11/h2-6,9-10,16,19H,7-8H2,1H3/t10-/m0/s1. The van der Waals surface area contributed by atoms with Gasteiger partial charge in [0.05, 0.1) is 23.7 Å². The minimum absolute atomic E-state index is 0.0921. The highest BCUT2D eigenvalue weighted by Gasteiger charge is 2.10. The molecule has 2 aromatic rings. The van der Waals surface area contributed by atoms with Crippen LogP contribution in [-0.4, -0.2) is 27.5 Å². The second-order valence-corrected chi connectivity index (χ2v) is 4.87. The van der Waals surface area contributed by atoms with Crippen LogP contribution >= 0.6 is 11.6 Å². The summed E-state index contributed by atoms with van der Waals surface area (Å²) < 4.78 is 1.25. The molecule has 0 bridgehead atoms. The monoisotopic (exact) mass is 293 g/mol. The second-order valence-electron chi connectivity index (χ2n) is 4.49. The van der Waals surface area contributed by atoms with Crippen LogP contribution in [0, 0.1) is 0 Å². The van der Waals surface area contributed by atoms with Gasteiger partial charge in [0.25, 0.3) is 5.56 Å². The maximum absolute atomic E-state index is 12.2. The molecule has 1 atom stereocenters. The van der Waals surface area contributed by atoms with Gasteiger partial charge in [0.15, 0.2) is 0 Å². The van der Waals surface area contributed by atoms with E-state index in [4.69, 9.17) is 11.6 Å². The average molecular weight is 294 g/mol. The summed E-state index contributed by atoms with van der Waals surface area (Å²) in [7, 11) is 0. The van der Waals surface area contributed by atoms with Crippen LogP contribution in [0.3, 0.4) is 0 Å². The Labute approximate surface area is 121 Å². The number of benzene rings is 1. The molecule has 0 saturated heterocycles. The summed E-state index contributed by atoms with van der Waals surface area (Å²) in [5, 5.41) is 16.4. The smallest absolute Gasteiger partial charge is 0.292 e. The number of aliphatic hydroxyl groups excluding tert-OH is 1. The molecular weight excluding hydrogens is 278 g/mol. The van der Waals surface area contributed by atoms with Crippen molar-refractivity contribution in [2.45, 2.75) is 19.4 Å². The fraction of sp³-hybridized carbons (Fsp3) is 0.286. The highest BCUT2D eigenvalue weighted by molar-refractivity contribution is 6.32. The molecule has 0 amide bonds. The van der Waals surface area contributed by atoms with E-state index in [2.05, 4.69) is 10.4 Å². The Bertz CT molecular complexity index is 626. The normalized spacial score (nSPS) is 12.2. The quantitative estimate of drug-likeness (QED) is 0.885. The van der Waals surface area contributed by atoms with Crippen molar-refractivity contribution in [3.05, 3.63) is 51.9 Å². The van der Waals surface area contributed by atoms with Crippen molar-refractivity contribution in [3.8, 4) is 5.69 Å². The number of halogens is 1. The van der Waals surface area contributed by atoms with E-state index in [0.29, 0.717) is 24.3 Å². The molecule has 0 saturated carbocycles. The van der Waals surface area contributed by atoms with Crippen LogP contribution in [0.1, 0.15) is 13.3 Å². The predicted molar refractivity (Wildman–Crippen MR) is 79.6 cm³/mol. The third-order valence-corrected chi connectivity index (χ3v) is 3.16. The van der Waals surface area contributed by atoms with Crippen molar-refractivity contribution < 1.29 is 5.11 Å². The van der Waals surface area contributed by atoms with Crippen LogP contribution in [0.25, 0.3) is 5.69 Å². The molecule has 1 heterocycles. The zero-order chi connectivity index (χ0) is 14.5. The molecule has 0 fully saturated rings. The van der Waals surface area contributed by atoms with Gasteiger partial charge in [-0.2, -0.15) is 9.78 Å². The van der Waals surface area contributed by atoms with E-state index in [1.54, 1.807) is 19.1 Å². The molecular formula is C14H16ClN3O2. The summed E-state index contributed by atoms with van der Waals surface area (Å²) in [6.45, 7) is 2.22. The van der Waals surface area contributed by atoms with Gasteiger partial charge in [0.2, 0.25) is 0 Å². The number of nitrogens with zero attached hydrogens (tertiary/aromatic N) is 2. The first-order valence-corrected chi connectivity index (χ1v) is 6.72. The minimum atomic E-state index is -0.404. The Balaban J connectivity index is 2.24. The topological polar surface area (TPSA) is 67.2 Å². The van der Waals surface area contributed by atoms with Gasteiger partial charge in [-0.25, -0.2) is 0 Å². The van der Waals surface area contributed by atoms with Gasteiger partial charge in [-0.05, 0) is 25.5 Å². The van der Waals surface area contributed by atoms with Crippen molar-refractivity contribution in [1.29, 1.82) is 0 Å². The first kappa shape index (κ1) is 14.6. The second kappa shape index (κ2) is 6.54. The van der Waals surface area contributed by atoms with E-state index in [-0.39, 0.29) is 10.6 Å². The molecule has 2 rings (SSSR count). The highest BCUT2D eigenvalue weighted by Crippen LogP contribution is 2.16. The van der Waals surface area contributed by atoms with Crippen LogP contribution in [0.5, 0.6) is 0 Å². The number of hydrogen-bond donors (Lipinski definition) is 2. The number of aliphatic hydroxyl groups is 1. The van der Waals surface area contributed by atoms with E-state index in [9.17, 15) is 9.90 Å². The Morgan fingerprint density at radius 2 is 2.10 bits per heavy atom. The fourth-order valence-corrected chi connectivity index (χ4v) is 1.92. The fourth-order valence-electron chi connectivity index (χ4n) is 1.72. The van der Waals surface area contributed by atoms with Crippen LogP contribution in [0.4, 0.5) is 5.69 Å². The van der Waals surface area contributed by atoms with Gasteiger partial charge in [-0.1, -0.05) is 29.8 Å². The lowest BCUT2D eigenvalue weighted by molar-refractivity contribution is 0.189. The van der Waals surface area contributed by atoms with E-state index < -0.39 is 6.10 Å². The summed E-state index contributed by atoms with van der Waals surface area (Å²) in [6, 6.07) is 9.08. The van der Waals surface area contributed by atoms with Gasteiger partial charge in [0, 0.05) is 6.54 Å². The summed E-state index contributed by atoms with van der Waals surface area (Å²) in [6.07, 6.45) is 1.68. The van der Waals surface area contributed by atoms with Crippen molar-refractivity contribution in [1.82, 2.24) is 9.78 Å². The van der Waals surface area contributed by atoms with Gasteiger partial charge in [-0.15, -0.1) is 0 Å². The lowest BCUT2D eigenvalue weighted by atomic mass is 10.3. The molecule has 0 aliphatic heterocycles. The van der Waals surface area contributed by atoms with E-state index in [0.717, 1.165) is 0 Å². The van der Waals surface area contributed by atoms with Gasteiger partial charge in [-0.3, -0.25) is 4.79 Å². The zero-order valence-corrected chi connectivity index (χ0v) is 11.8. The Hall–Kier alpha value is -1.85. The minimum Gasteiger partial charge on any atom is -0.393 e. The SMILES string of the molecule is C[C@H](O)CCNc1cnn(-c2ccccc2)c(=O)c1Cl. The van der Waals surface area contributed by atoms with Crippen molar-refractivity contribution in [3.63, 3.8) is 0 Å². The van der Waals surface area contributed by atoms with E-state index in [1.165, 1.54) is 10.9 Å². The molecule has 106 valence electrons. The number of para-hydroxylation sites is 1. The number of rotatable bonds is 5. The summed E-state index contributed by atoms with van der Waals surface area (Å²) in [5.74, 6) is 0. The average Bonchev–Trinajstić information content (AvgIpc) is 2.44. The van der Waals surface area contributed by atoms with Crippen LogP contribution in [0.2, 0.25) is 5.02 Å². The Morgan fingerprint density at radius 3 is 2.75 bits per heavy atom. The first-order chi connectivity index (χ1) is 9.59. The summed E-state index contributed by atoms with van der Waals surface area (Å²) >= 11 is 6.07. The lowest BCUT2D eigenvalue weighted by Crippen LogP contribution is -2.23. The Morgan fingerprint density at radius 1 is 1.40 bits per heavy atom. The summed E-state index contributed by atoms with van der Waals surface area (Å²) in [4.78, 5) is 12.2. The molecule has 0 aliphatic rings. The molecule has 20 heavy (non-hydrogen) atoms. The molecule has 0 spiro atoms. The van der Waals surface area contributed by atoms with Gasteiger partial charge in [0.1, 0.15) is 5.02 Å². The highest BCUT2D eigenvalue weighted by atomic mass is 35.5.